The quantitative estimate of drug-likeness (QED) is 0.408. The first kappa shape index (κ1) is 18.0. The third-order valence-electron chi connectivity index (χ3n) is 3.91. The van der Waals surface area contributed by atoms with Gasteiger partial charge in [-0.25, -0.2) is 0 Å². The molecule has 0 aliphatic heterocycles. The maximum absolute atomic E-state index is 5.67. The Hall–Kier alpha value is -0.0400. The van der Waals surface area contributed by atoms with Crippen LogP contribution in [-0.4, -0.2) is 13.2 Å². The second-order valence-electron chi connectivity index (χ2n) is 6.25. The van der Waals surface area contributed by atoms with E-state index in [2.05, 4.69) is 34.6 Å². The summed E-state index contributed by atoms with van der Waals surface area (Å²) in [5.41, 5.74) is 0. The Morgan fingerprint density at radius 2 is 1.61 bits per heavy atom. The SMILES string of the molecule is CCCCCC(C)C(CC)CCCOCC(C)C. The van der Waals surface area contributed by atoms with Crippen LogP contribution in [0.5, 0.6) is 0 Å². The van der Waals surface area contributed by atoms with Crippen LogP contribution in [0, 0.1) is 17.8 Å². The van der Waals surface area contributed by atoms with Crippen molar-refractivity contribution in [3.05, 3.63) is 0 Å². The molecule has 2 unspecified atom stereocenters. The van der Waals surface area contributed by atoms with E-state index in [-0.39, 0.29) is 0 Å². The van der Waals surface area contributed by atoms with Gasteiger partial charge in [-0.15, -0.1) is 0 Å². The lowest BCUT2D eigenvalue weighted by Gasteiger charge is -2.22. The molecular weight excluding hydrogens is 220 g/mol. The van der Waals surface area contributed by atoms with Gasteiger partial charge in [0.25, 0.3) is 0 Å². The zero-order valence-corrected chi connectivity index (χ0v) is 13.5. The van der Waals surface area contributed by atoms with Crippen molar-refractivity contribution >= 4 is 0 Å². The third-order valence-corrected chi connectivity index (χ3v) is 3.91. The molecular formula is C17H36O. The van der Waals surface area contributed by atoms with Gasteiger partial charge in [-0.2, -0.15) is 0 Å². The average molecular weight is 256 g/mol. The molecule has 0 bridgehead atoms. The maximum atomic E-state index is 5.67. The predicted molar refractivity (Wildman–Crippen MR) is 82.0 cm³/mol. The molecule has 0 aromatic carbocycles. The van der Waals surface area contributed by atoms with E-state index in [1.165, 1.54) is 44.9 Å². The van der Waals surface area contributed by atoms with E-state index < -0.39 is 0 Å². The molecule has 0 aromatic heterocycles. The van der Waals surface area contributed by atoms with Crippen LogP contribution < -0.4 is 0 Å². The van der Waals surface area contributed by atoms with E-state index in [1.807, 2.05) is 0 Å². The zero-order valence-electron chi connectivity index (χ0n) is 13.5. The Morgan fingerprint density at radius 1 is 0.889 bits per heavy atom. The Bertz CT molecular complexity index is 165. The lowest BCUT2D eigenvalue weighted by atomic mass is 9.84. The van der Waals surface area contributed by atoms with Gasteiger partial charge in [-0.1, -0.05) is 66.7 Å². The molecule has 0 aliphatic rings. The number of unbranched alkanes of at least 4 members (excludes halogenated alkanes) is 2. The minimum Gasteiger partial charge on any atom is -0.381 e. The monoisotopic (exact) mass is 256 g/mol. The number of ether oxygens (including phenoxy) is 1. The number of hydrogen-bond donors (Lipinski definition) is 0. The van der Waals surface area contributed by atoms with Crippen molar-refractivity contribution in [2.45, 2.75) is 79.6 Å². The molecule has 0 spiro atoms. The van der Waals surface area contributed by atoms with E-state index in [0.717, 1.165) is 25.0 Å². The molecule has 0 aromatic rings. The van der Waals surface area contributed by atoms with Crippen LogP contribution in [-0.2, 0) is 4.74 Å². The van der Waals surface area contributed by atoms with Gasteiger partial charge in [0.15, 0.2) is 0 Å². The fourth-order valence-electron chi connectivity index (χ4n) is 2.61. The molecule has 0 saturated carbocycles. The van der Waals surface area contributed by atoms with Gasteiger partial charge in [-0.3, -0.25) is 0 Å². The van der Waals surface area contributed by atoms with E-state index in [0.29, 0.717) is 5.92 Å². The Morgan fingerprint density at radius 3 is 2.17 bits per heavy atom. The standard InChI is InChI=1S/C17H36O/c1-6-8-9-11-16(5)17(7-2)12-10-13-18-14-15(3)4/h15-17H,6-14H2,1-5H3. The minimum absolute atomic E-state index is 0.667. The Kier molecular flexibility index (Phi) is 12.0. The van der Waals surface area contributed by atoms with Gasteiger partial charge >= 0.3 is 0 Å². The van der Waals surface area contributed by atoms with Gasteiger partial charge in [0, 0.05) is 13.2 Å². The fourth-order valence-corrected chi connectivity index (χ4v) is 2.61. The molecule has 0 fully saturated rings. The van der Waals surface area contributed by atoms with Crippen LogP contribution in [0.1, 0.15) is 79.6 Å². The van der Waals surface area contributed by atoms with Gasteiger partial charge in [0.2, 0.25) is 0 Å². The fraction of sp³-hybridized carbons (Fsp3) is 1.00. The van der Waals surface area contributed by atoms with Crippen LogP contribution in [0.3, 0.4) is 0 Å². The van der Waals surface area contributed by atoms with Crippen molar-refractivity contribution in [1.29, 1.82) is 0 Å². The molecule has 0 radical (unpaired) electrons. The second kappa shape index (κ2) is 12.0. The molecule has 0 rings (SSSR count). The summed E-state index contributed by atoms with van der Waals surface area (Å²) in [7, 11) is 0. The molecule has 0 aliphatic carbocycles. The molecule has 110 valence electrons. The largest absolute Gasteiger partial charge is 0.381 e. The van der Waals surface area contributed by atoms with E-state index in [1.54, 1.807) is 0 Å². The smallest absolute Gasteiger partial charge is 0.0488 e. The molecule has 0 saturated heterocycles. The summed E-state index contributed by atoms with van der Waals surface area (Å²) < 4.78 is 5.67. The summed E-state index contributed by atoms with van der Waals surface area (Å²) in [6, 6.07) is 0. The highest BCUT2D eigenvalue weighted by atomic mass is 16.5. The van der Waals surface area contributed by atoms with E-state index in [9.17, 15) is 0 Å². The van der Waals surface area contributed by atoms with Crippen molar-refractivity contribution in [3.63, 3.8) is 0 Å². The van der Waals surface area contributed by atoms with Gasteiger partial charge < -0.3 is 4.74 Å². The molecule has 0 N–H and O–H groups in total. The van der Waals surface area contributed by atoms with Gasteiger partial charge in [0.1, 0.15) is 0 Å². The number of rotatable bonds is 12. The van der Waals surface area contributed by atoms with Crippen molar-refractivity contribution in [2.75, 3.05) is 13.2 Å². The minimum atomic E-state index is 0.667. The lowest BCUT2D eigenvalue weighted by molar-refractivity contribution is 0.101. The lowest BCUT2D eigenvalue weighted by Crippen LogP contribution is -2.12. The number of hydrogen-bond acceptors (Lipinski definition) is 1. The van der Waals surface area contributed by atoms with Crippen molar-refractivity contribution in [2.24, 2.45) is 17.8 Å². The molecule has 18 heavy (non-hydrogen) atoms. The second-order valence-corrected chi connectivity index (χ2v) is 6.25. The summed E-state index contributed by atoms with van der Waals surface area (Å²) >= 11 is 0. The molecule has 2 atom stereocenters. The maximum Gasteiger partial charge on any atom is 0.0488 e. The highest BCUT2D eigenvalue weighted by molar-refractivity contribution is 4.65. The molecule has 1 nitrogen and oxygen atoms in total. The first-order valence-corrected chi connectivity index (χ1v) is 8.19. The summed E-state index contributed by atoms with van der Waals surface area (Å²) in [4.78, 5) is 0. The topological polar surface area (TPSA) is 9.23 Å². The molecule has 0 heterocycles. The first-order chi connectivity index (χ1) is 8.61. The highest BCUT2D eigenvalue weighted by Gasteiger charge is 2.14. The summed E-state index contributed by atoms with van der Waals surface area (Å²) in [5, 5.41) is 0. The summed E-state index contributed by atoms with van der Waals surface area (Å²) in [5.74, 6) is 2.47. The molecule has 1 heteroatoms. The zero-order chi connectivity index (χ0) is 13.8. The van der Waals surface area contributed by atoms with Crippen LogP contribution in [0.4, 0.5) is 0 Å². The Labute approximate surface area is 116 Å². The summed E-state index contributed by atoms with van der Waals surface area (Å²) in [6.07, 6.45) is 9.49. The normalized spacial score (nSPS) is 15.0. The van der Waals surface area contributed by atoms with Crippen LogP contribution >= 0.6 is 0 Å². The summed E-state index contributed by atoms with van der Waals surface area (Å²) in [6.45, 7) is 13.4. The van der Waals surface area contributed by atoms with Crippen molar-refractivity contribution < 1.29 is 4.74 Å². The van der Waals surface area contributed by atoms with Gasteiger partial charge in [-0.05, 0) is 30.6 Å². The van der Waals surface area contributed by atoms with Crippen LogP contribution in [0.15, 0.2) is 0 Å². The van der Waals surface area contributed by atoms with Gasteiger partial charge in [0.05, 0.1) is 0 Å². The van der Waals surface area contributed by atoms with E-state index in [4.69, 9.17) is 4.74 Å². The van der Waals surface area contributed by atoms with Crippen LogP contribution in [0.2, 0.25) is 0 Å². The average Bonchev–Trinajstić information content (AvgIpc) is 2.33. The van der Waals surface area contributed by atoms with Crippen LogP contribution in [0.25, 0.3) is 0 Å². The third kappa shape index (κ3) is 9.94. The Balaban J connectivity index is 3.61. The molecule has 0 amide bonds. The highest BCUT2D eigenvalue weighted by Crippen LogP contribution is 2.25. The predicted octanol–water partition coefficient (Wildman–Crippen LogP) is 5.68. The van der Waals surface area contributed by atoms with E-state index >= 15 is 0 Å². The van der Waals surface area contributed by atoms with Crippen molar-refractivity contribution in [1.82, 2.24) is 0 Å². The first-order valence-electron chi connectivity index (χ1n) is 8.19. The van der Waals surface area contributed by atoms with Crippen molar-refractivity contribution in [3.8, 4) is 0 Å².